The van der Waals surface area contributed by atoms with Crippen LogP contribution < -0.4 is 10.1 Å². The molecule has 0 aliphatic heterocycles. The van der Waals surface area contributed by atoms with Crippen LogP contribution in [-0.2, 0) is 11.3 Å². The average molecular weight is 429 g/mol. The second kappa shape index (κ2) is 11.7. The molecular formula is C26H28N4O2. The summed E-state index contributed by atoms with van der Waals surface area (Å²) in [5.41, 5.74) is 2.35. The number of ether oxygens (including phenoxy) is 1. The number of carbonyl (C=O) groups is 1. The summed E-state index contributed by atoms with van der Waals surface area (Å²) in [6.07, 6.45) is 0. The first-order valence-corrected chi connectivity index (χ1v) is 10.5. The molecule has 0 aliphatic rings. The number of rotatable bonds is 10. The molecule has 0 spiro atoms. The van der Waals surface area contributed by atoms with Crippen molar-refractivity contribution in [3.8, 4) is 17.6 Å². The molecule has 0 radical (unpaired) electrons. The van der Waals surface area contributed by atoms with Crippen LogP contribution in [-0.4, -0.2) is 49.4 Å². The van der Waals surface area contributed by atoms with Crippen molar-refractivity contribution >= 4 is 11.6 Å². The quantitative estimate of drug-likeness (QED) is 0.520. The molecule has 3 aromatic rings. The van der Waals surface area contributed by atoms with Crippen LogP contribution in [0.25, 0.3) is 0 Å². The topological polar surface area (TPSA) is 68.6 Å². The van der Waals surface area contributed by atoms with Gasteiger partial charge in [-0.05, 0) is 68.2 Å². The van der Waals surface area contributed by atoms with E-state index in [9.17, 15) is 4.79 Å². The molecule has 0 aromatic heterocycles. The van der Waals surface area contributed by atoms with Gasteiger partial charge >= 0.3 is 0 Å². The van der Waals surface area contributed by atoms with Crippen LogP contribution in [0.5, 0.6) is 11.5 Å². The Morgan fingerprint density at radius 1 is 0.938 bits per heavy atom. The van der Waals surface area contributed by atoms with Crippen LogP contribution in [0.4, 0.5) is 5.69 Å². The van der Waals surface area contributed by atoms with Gasteiger partial charge in [-0.25, -0.2) is 0 Å². The van der Waals surface area contributed by atoms with Crippen LogP contribution in [0.3, 0.4) is 0 Å². The summed E-state index contributed by atoms with van der Waals surface area (Å²) < 4.78 is 5.79. The third-order valence-electron chi connectivity index (χ3n) is 4.81. The number of likely N-dealkylation sites (N-methyl/N-ethyl adjacent to an activating group) is 1. The number of para-hydroxylation sites is 1. The van der Waals surface area contributed by atoms with E-state index in [4.69, 9.17) is 10.00 Å². The van der Waals surface area contributed by atoms with Crippen molar-refractivity contribution in [3.05, 3.63) is 90.0 Å². The third kappa shape index (κ3) is 7.55. The molecule has 164 valence electrons. The van der Waals surface area contributed by atoms with E-state index in [1.54, 1.807) is 6.07 Å². The lowest BCUT2D eigenvalue weighted by Gasteiger charge is -2.24. The van der Waals surface area contributed by atoms with E-state index in [1.807, 2.05) is 86.9 Å². The van der Waals surface area contributed by atoms with E-state index >= 15 is 0 Å². The zero-order valence-corrected chi connectivity index (χ0v) is 18.5. The second-order valence-corrected chi connectivity index (χ2v) is 7.81. The maximum atomic E-state index is 12.7. The first-order chi connectivity index (χ1) is 15.5. The molecular weight excluding hydrogens is 400 g/mol. The Bertz CT molecular complexity index is 1040. The zero-order chi connectivity index (χ0) is 22.8. The predicted octanol–water partition coefficient (Wildman–Crippen LogP) is 4.35. The van der Waals surface area contributed by atoms with Crippen LogP contribution in [0.1, 0.15) is 11.1 Å². The van der Waals surface area contributed by atoms with Gasteiger partial charge in [0, 0.05) is 25.3 Å². The first kappa shape index (κ1) is 23.0. The summed E-state index contributed by atoms with van der Waals surface area (Å²) in [6, 6.07) is 26.6. The summed E-state index contributed by atoms with van der Waals surface area (Å²) in [7, 11) is 4.02. The Balaban J connectivity index is 1.59. The Labute approximate surface area is 189 Å². The molecule has 6 nitrogen and oxygen atoms in total. The molecule has 32 heavy (non-hydrogen) atoms. The smallest absolute Gasteiger partial charge is 0.238 e. The number of nitriles is 1. The summed E-state index contributed by atoms with van der Waals surface area (Å²) in [5, 5.41) is 12.1. The third-order valence-corrected chi connectivity index (χ3v) is 4.81. The molecule has 0 unspecified atom stereocenters. The minimum absolute atomic E-state index is 0.0862. The first-order valence-electron chi connectivity index (χ1n) is 10.5. The number of nitrogens with zero attached hydrogens (tertiary/aromatic N) is 3. The molecule has 3 aromatic carbocycles. The van der Waals surface area contributed by atoms with Gasteiger partial charge in [0.1, 0.15) is 11.5 Å². The molecule has 0 atom stereocenters. The van der Waals surface area contributed by atoms with E-state index < -0.39 is 0 Å². The maximum Gasteiger partial charge on any atom is 0.238 e. The van der Waals surface area contributed by atoms with Crippen molar-refractivity contribution in [1.29, 1.82) is 5.26 Å². The molecule has 1 N–H and O–H groups in total. The van der Waals surface area contributed by atoms with Gasteiger partial charge in [0.05, 0.1) is 18.2 Å². The van der Waals surface area contributed by atoms with Crippen LogP contribution in [0.2, 0.25) is 0 Å². The van der Waals surface area contributed by atoms with E-state index in [0.29, 0.717) is 17.9 Å². The highest BCUT2D eigenvalue weighted by Crippen LogP contribution is 2.22. The van der Waals surface area contributed by atoms with Crippen molar-refractivity contribution in [3.63, 3.8) is 0 Å². The maximum absolute atomic E-state index is 12.7. The van der Waals surface area contributed by atoms with Gasteiger partial charge in [-0.15, -0.1) is 0 Å². The summed E-state index contributed by atoms with van der Waals surface area (Å²) >= 11 is 0. The fourth-order valence-corrected chi connectivity index (χ4v) is 3.19. The second-order valence-electron chi connectivity index (χ2n) is 7.81. The summed E-state index contributed by atoms with van der Waals surface area (Å²) in [6.45, 7) is 2.42. The Morgan fingerprint density at radius 3 is 2.34 bits per heavy atom. The van der Waals surface area contributed by atoms with E-state index in [0.717, 1.165) is 30.1 Å². The molecule has 6 heteroatoms. The molecule has 0 heterocycles. The zero-order valence-electron chi connectivity index (χ0n) is 18.5. The Hall–Kier alpha value is -3.66. The molecule has 0 bridgehead atoms. The number of hydrogen-bond donors (Lipinski definition) is 1. The van der Waals surface area contributed by atoms with Crippen molar-refractivity contribution < 1.29 is 9.53 Å². The van der Waals surface area contributed by atoms with Gasteiger partial charge in [-0.3, -0.25) is 9.69 Å². The molecule has 3 rings (SSSR count). The van der Waals surface area contributed by atoms with Crippen LogP contribution in [0.15, 0.2) is 78.9 Å². The number of anilines is 1. The highest BCUT2D eigenvalue weighted by atomic mass is 16.5. The molecule has 0 saturated heterocycles. The number of nitrogens with one attached hydrogen (secondary N) is 1. The fourth-order valence-electron chi connectivity index (χ4n) is 3.19. The Kier molecular flexibility index (Phi) is 8.38. The van der Waals surface area contributed by atoms with Crippen LogP contribution >= 0.6 is 0 Å². The highest BCUT2D eigenvalue weighted by molar-refractivity contribution is 5.92. The van der Waals surface area contributed by atoms with E-state index in [2.05, 4.69) is 21.2 Å². The van der Waals surface area contributed by atoms with Gasteiger partial charge in [0.25, 0.3) is 0 Å². The van der Waals surface area contributed by atoms with Crippen molar-refractivity contribution in [2.24, 2.45) is 0 Å². The standard InChI is InChI=1S/C26H28N4O2/c1-29(2)15-16-30(19-22-8-6-7-21(17-22)18-27)20-26(31)28-23-11-13-25(14-12-23)32-24-9-4-3-5-10-24/h3-14,17H,15-16,19-20H2,1-2H3,(H,28,31). The number of carbonyl (C=O) groups excluding carboxylic acids is 1. The molecule has 0 fully saturated rings. The van der Waals surface area contributed by atoms with Crippen molar-refractivity contribution in [1.82, 2.24) is 9.80 Å². The fraction of sp³-hybridized carbons (Fsp3) is 0.231. The number of benzene rings is 3. The monoisotopic (exact) mass is 428 g/mol. The van der Waals surface area contributed by atoms with Crippen LogP contribution in [0, 0.1) is 11.3 Å². The number of hydrogen-bond acceptors (Lipinski definition) is 5. The predicted molar refractivity (Wildman–Crippen MR) is 127 cm³/mol. The highest BCUT2D eigenvalue weighted by Gasteiger charge is 2.13. The Morgan fingerprint density at radius 2 is 1.66 bits per heavy atom. The van der Waals surface area contributed by atoms with Gasteiger partial charge in [0.2, 0.25) is 5.91 Å². The van der Waals surface area contributed by atoms with Gasteiger partial charge in [-0.2, -0.15) is 5.26 Å². The lowest BCUT2D eigenvalue weighted by atomic mass is 10.1. The number of amides is 1. The SMILES string of the molecule is CN(C)CCN(CC(=O)Nc1ccc(Oc2ccccc2)cc1)Cc1cccc(C#N)c1. The van der Waals surface area contributed by atoms with Crippen molar-refractivity contribution in [2.45, 2.75) is 6.54 Å². The minimum atomic E-state index is -0.0862. The summed E-state index contributed by atoms with van der Waals surface area (Å²) in [5.74, 6) is 1.39. The lowest BCUT2D eigenvalue weighted by molar-refractivity contribution is -0.117. The average Bonchev–Trinajstić information content (AvgIpc) is 2.79. The molecule has 0 saturated carbocycles. The van der Waals surface area contributed by atoms with Gasteiger partial charge in [0.15, 0.2) is 0 Å². The normalized spacial score (nSPS) is 10.7. The molecule has 1 amide bonds. The summed E-state index contributed by atoms with van der Waals surface area (Å²) in [4.78, 5) is 16.9. The lowest BCUT2D eigenvalue weighted by Crippen LogP contribution is -2.37. The van der Waals surface area contributed by atoms with Gasteiger partial charge < -0.3 is 15.0 Å². The largest absolute Gasteiger partial charge is 0.457 e. The van der Waals surface area contributed by atoms with E-state index in [-0.39, 0.29) is 12.5 Å². The molecule has 0 aliphatic carbocycles. The van der Waals surface area contributed by atoms with E-state index in [1.165, 1.54) is 0 Å². The minimum Gasteiger partial charge on any atom is -0.457 e. The van der Waals surface area contributed by atoms with Crippen molar-refractivity contribution in [2.75, 3.05) is 39.0 Å². The van der Waals surface area contributed by atoms with Gasteiger partial charge in [-0.1, -0.05) is 30.3 Å².